The van der Waals surface area contributed by atoms with Gasteiger partial charge in [-0.15, -0.1) is 5.11 Å². The van der Waals surface area contributed by atoms with Crippen molar-refractivity contribution in [1.29, 1.82) is 0 Å². The predicted molar refractivity (Wildman–Crippen MR) is 118 cm³/mol. The SMILES string of the molecule is C=CC(=O)OCCc1ccc(N(CC)c2ccc(N=NN3CN=CS3)cc2)cc1. The van der Waals surface area contributed by atoms with Crippen LogP contribution >= 0.6 is 11.9 Å². The van der Waals surface area contributed by atoms with Crippen LogP contribution in [0.5, 0.6) is 0 Å². The van der Waals surface area contributed by atoms with E-state index in [1.807, 2.05) is 24.3 Å². The molecule has 29 heavy (non-hydrogen) atoms. The molecule has 2 aromatic carbocycles. The summed E-state index contributed by atoms with van der Waals surface area (Å²) < 4.78 is 6.75. The first-order valence-corrected chi connectivity index (χ1v) is 10.1. The van der Waals surface area contributed by atoms with Crippen molar-refractivity contribution in [3.63, 3.8) is 0 Å². The van der Waals surface area contributed by atoms with Crippen LogP contribution < -0.4 is 4.90 Å². The third kappa shape index (κ3) is 5.92. The molecule has 0 bridgehead atoms. The van der Waals surface area contributed by atoms with Crippen LogP contribution in [-0.4, -0.2) is 35.8 Å². The van der Waals surface area contributed by atoms with Gasteiger partial charge in [0.15, 0.2) is 0 Å². The largest absolute Gasteiger partial charge is 0.462 e. The zero-order valence-electron chi connectivity index (χ0n) is 16.3. The molecule has 0 spiro atoms. The Labute approximate surface area is 174 Å². The minimum absolute atomic E-state index is 0.347. The van der Waals surface area contributed by atoms with Gasteiger partial charge < -0.3 is 9.64 Å². The summed E-state index contributed by atoms with van der Waals surface area (Å²) >= 11 is 1.42. The maximum atomic E-state index is 11.1. The lowest BCUT2D eigenvalue weighted by Crippen LogP contribution is -2.15. The van der Waals surface area contributed by atoms with Gasteiger partial charge in [-0.1, -0.05) is 23.9 Å². The fourth-order valence-electron chi connectivity index (χ4n) is 2.76. The summed E-state index contributed by atoms with van der Waals surface area (Å²) in [5.74, 6) is -0.394. The zero-order chi connectivity index (χ0) is 20.5. The number of hydrogen-bond donors (Lipinski definition) is 0. The highest BCUT2D eigenvalue weighted by Crippen LogP contribution is 2.28. The van der Waals surface area contributed by atoms with Gasteiger partial charge in [-0.3, -0.25) is 4.99 Å². The minimum atomic E-state index is -0.394. The molecule has 0 radical (unpaired) electrons. The molecule has 1 aliphatic heterocycles. The molecule has 0 aliphatic carbocycles. The molecule has 2 aromatic rings. The first-order valence-electron chi connectivity index (χ1n) is 9.29. The first-order chi connectivity index (χ1) is 14.2. The molecule has 8 heteroatoms. The van der Waals surface area contributed by atoms with E-state index in [0.717, 1.165) is 29.2 Å². The summed E-state index contributed by atoms with van der Waals surface area (Å²) in [6.07, 6.45) is 1.85. The Bertz CT molecular complexity index is 873. The van der Waals surface area contributed by atoms with Crippen molar-refractivity contribution >= 4 is 40.5 Å². The van der Waals surface area contributed by atoms with E-state index in [2.05, 4.69) is 58.0 Å². The Morgan fingerprint density at radius 1 is 1.24 bits per heavy atom. The predicted octanol–water partition coefficient (Wildman–Crippen LogP) is 5.06. The maximum absolute atomic E-state index is 11.1. The van der Waals surface area contributed by atoms with Crippen LogP contribution in [-0.2, 0) is 16.0 Å². The van der Waals surface area contributed by atoms with Gasteiger partial charge in [0.25, 0.3) is 0 Å². The van der Waals surface area contributed by atoms with Gasteiger partial charge in [-0.2, -0.15) is 4.41 Å². The third-order valence-corrected chi connectivity index (χ3v) is 4.91. The van der Waals surface area contributed by atoms with Crippen LogP contribution in [0.1, 0.15) is 12.5 Å². The quantitative estimate of drug-likeness (QED) is 0.250. The van der Waals surface area contributed by atoms with E-state index in [-0.39, 0.29) is 0 Å². The number of rotatable bonds is 9. The van der Waals surface area contributed by atoms with Crippen molar-refractivity contribution in [2.24, 2.45) is 15.3 Å². The highest BCUT2D eigenvalue weighted by atomic mass is 32.2. The van der Waals surface area contributed by atoms with Gasteiger partial charge in [0, 0.05) is 42.4 Å². The van der Waals surface area contributed by atoms with Crippen molar-refractivity contribution in [3.8, 4) is 0 Å². The summed E-state index contributed by atoms with van der Waals surface area (Å²) in [5, 5.41) is 8.38. The van der Waals surface area contributed by atoms with Crippen molar-refractivity contribution in [2.45, 2.75) is 13.3 Å². The molecule has 0 saturated heterocycles. The summed E-state index contributed by atoms with van der Waals surface area (Å²) in [7, 11) is 0. The van der Waals surface area contributed by atoms with Crippen molar-refractivity contribution in [3.05, 3.63) is 66.7 Å². The molecule has 0 fully saturated rings. The Morgan fingerprint density at radius 2 is 1.93 bits per heavy atom. The lowest BCUT2D eigenvalue weighted by Gasteiger charge is -2.23. The highest BCUT2D eigenvalue weighted by molar-refractivity contribution is 8.10. The molecule has 0 saturated carbocycles. The molecular weight excluding hydrogens is 386 g/mol. The number of carbonyl (C=O) groups excluding carboxylic acids is 1. The number of hydrogen-bond acceptors (Lipinski definition) is 7. The summed E-state index contributed by atoms with van der Waals surface area (Å²) in [6, 6.07) is 16.2. The van der Waals surface area contributed by atoms with Gasteiger partial charge in [-0.05, 0) is 48.9 Å². The molecule has 0 amide bonds. The molecule has 0 aromatic heterocycles. The molecule has 150 valence electrons. The van der Waals surface area contributed by atoms with E-state index in [0.29, 0.717) is 19.7 Å². The minimum Gasteiger partial charge on any atom is -0.462 e. The maximum Gasteiger partial charge on any atom is 0.330 e. The van der Waals surface area contributed by atoms with Crippen LogP contribution in [0.4, 0.5) is 17.1 Å². The lowest BCUT2D eigenvalue weighted by molar-refractivity contribution is -0.137. The standard InChI is InChI=1S/C21H23N5O2S/c1-3-21(27)28-14-13-17-5-9-19(10-6-17)25(4-2)20-11-7-18(8-12-20)23-24-26-15-22-16-29-26/h3,5-12,16H,1,4,13-15H2,2H3. The second-order valence-corrected chi connectivity index (χ2v) is 6.97. The fraction of sp³-hybridized carbons (Fsp3) is 0.238. The number of carbonyl (C=O) groups is 1. The van der Waals surface area contributed by atoms with E-state index in [9.17, 15) is 4.79 Å². The van der Waals surface area contributed by atoms with Crippen LogP contribution in [0, 0.1) is 0 Å². The average molecular weight is 410 g/mol. The van der Waals surface area contributed by atoms with E-state index in [1.165, 1.54) is 18.0 Å². The number of benzene rings is 2. The van der Waals surface area contributed by atoms with E-state index < -0.39 is 5.97 Å². The van der Waals surface area contributed by atoms with Crippen LogP contribution in [0.3, 0.4) is 0 Å². The topological polar surface area (TPSA) is 69.9 Å². The number of ether oxygens (including phenoxy) is 1. The van der Waals surface area contributed by atoms with Crippen LogP contribution in [0.25, 0.3) is 0 Å². The highest BCUT2D eigenvalue weighted by Gasteiger charge is 2.08. The molecule has 1 heterocycles. The van der Waals surface area contributed by atoms with Crippen molar-refractivity contribution in [1.82, 2.24) is 4.41 Å². The monoisotopic (exact) mass is 409 g/mol. The Balaban J connectivity index is 1.61. The zero-order valence-corrected chi connectivity index (χ0v) is 17.1. The van der Waals surface area contributed by atoms with E-state index in [4.69, 9.17) is 4.74 Å². The van der Waals surface area contributed by atoms with E-state index >= 15 is 0 Å². The second-order valence-electron chi connectivity index (χ2n) is 6.13. The summed E-state index contributed by atoms with van der Waals surface area (Å²) in [5.41, 5.74) is 5.83. The molecule has 0 atom stereocenters. The molecule has 1 aliphatic rings. The van der Waals surface area contributed by atoms with Crippen molar-refractivity contribution < 1.29 is 9.53 Å². The van der Waals surface area contributed by atoms with E-state index in [1.54, 1.807) is 9.96 Å². The van der Waals surface area contributed by atoms with Gasteiger partial charge in [0.05, 0.1) is 17.8 Å². The van der Waals surface area contributed by atoms with Crippen molar-refractivity contribution in [2.75, 3.05) is 24.7 Å². The van der Waals surface area contributed by atoms with Crippen LogP contribution in [0.2, 0.25) is 0 Å². The number of esters is 1. The third-order valence-electron chi connectivity index (χ3n) is 4.23. The number of nitrogens with zero attached hydrogens (tertiary/aromatic N) is 5. The first kappa shape index (κ1) is 20.6. The Morgan fingerprint density at radius 3 is 2.52 bits per heavy atom. The Kier molecular flexibility index (Phi) is 7.40. The smallest absolute Gasteiger partial charge is 0.330 e. The number of aliphatic imine (C=N–C) groups is 1. The van der Waals surface area contributed by atoms with Gasteiger partial charge in [0.1, 0.15) is 6.67 Å². The summed E-state index contributed by atoms with van der Waals surface area (Å²) in [4.78, 5) is 17.4. The molecule has 3 rings (SSSR count). The van der Waals surface area contributed by atoms with Gasteiger partial charge in [0.2, 0.25) is 0 Å². The van der Waals surface area contributed by atoms with Gasteiger partial charge >= 0.3 is 5.97 Å². The molecule has 7 nitrogen and oxygen atoms in total. The normalized spacial score (nSPS) is 13.1. The lowest BCUT2D eigenvalue weighted by atomic mass is 10.1. The second kappa shape index (κ2) is 10.4. The molecular formula is C21H23N5O2S. The molecule has 0 unspecified atom stereocenters. The van der Waals surface area contributed by atoms with Gasteiger partial charge in [-0.25, -0.2) is 4.79 Å². The average Bonchev–Trinajstić information content (AvgIpc) is 3.28. The fourth-order valence-corrected chi connectivity index (χ4v) is 3.21. The Hall–Kier alpha value is -3.13. The van der Waals surface area contributed by atoms with Crippen LogP contribution in [0.15, 0.2) is 76.5 Å². The number of anilines is 2. The molecule has 0 N–H and O–H groups in total. The summed E-state index contributed by atoms with van der Waals surface area (Å²) in [6.45, 7) is 7.21.